The van der Waals surface area contributed by atoms with Crippen molar-refractivity contribution in [1.82, 2.24) is 0 Å². The van der Waals surface area contributed by atoms with E-state index in [0.717, 1.165) is 12.2 Å². The first kappa shape index (κ1) is 9.92. The average Bonchev–Trinajstić information content (AvgIpc) is 2.06. The van der Waals surface area contributed by atoms with Crippen molar-refractivity contribution in [1.29, 1.82) is 0 Å². The number of carboxylic acids is 1. The van der Waals surface area contributed by atoms with Crippen LogP contribution < -0.4 is 5.11 Å². The molecule has 0 aliphatic rings. The number of carbonyl (C=O) groups is 1. The molecule has 68 valence electrons. The summed E-state index contributed by atoms with van der Waals surface area (Å²) in [4.78, 5) is 10.0. The van der Waals surface area contributed by atoms with E-state index in [-0.39, 0.29) is 5.56 Å². The van der Waals surface area contributed by atoms with Gasteiger partial charge in [-0.1, -0.05) is 22.0 Å². The largest absolute Gasteiger partial charge is 0.545 e. The predicted octanol–water partition coefficient (Wildman–Crippen LogP) is 1.35. The van der Waals surface area contributed by atoms with Crippen molar-refractivity contribution in [2.75, 3.05) is 0 Å². The molecule has 13 heavy (non-hydrogen) atoms. The molecule has 0 fully saturated rings. The van der Waals surface area contributed by atoms with Crippen LogP contribution >= 0.6 is 15.9 Å². The lowest BCUT2D eigenvalue weighted by Crippen LogP contribution is -2.18. The highest BCUT2D eigenvalue weighted by Crippen LogP contribution is 2.16. The minimum atomic E-state index is -1.35. The lowest BCUT2D eigenvalue weighted by atomic mass is 10.2. The van der Waals surface area contributed by atoms with E-state index >= 15 is 0 Å². The predicted molar refractivity (Wildman–Crippen MR) is 48.1 cm³/mol. The van der Waals surface area contributed by atoms with Gasteiger partial charge in [0.2, 0.25) is 0 Å². The first-order valence-corrected chi connectivity index (χ1v) is 4.23. The second-order valence-electron chi connectivity index (χ2n) is 2.32. The third-order valence-corrected chi connectivity index (χ3v) is 1.85. The summed E-state index contributed by atoms with van der Waals surface area (Å²) in [6.45, 7) is 0. The van der Waals surface area contributed by atoms with Gasteiger partial charge in [0.05, 0.1) is 5.97 Å². The van der Waals surface area contributed by atoms with Gasteiger partial charge in [-0.3, -0.25) is 0 Å². The highest BCUT2D eigenvalue weighted by atomic mass is 79.9. The van der Waals surface area contributed by atoms with E-state index in [9.17, 15) is 14.3 Å². The number of aliphatic carboxylic acids is 1. The average molecular weight is 244 g/mol. The van der Waals surface area contributed by atoms with Crippen LogP contribution in [0.1, 0.15) is 5.56 Å². The molecular formula is C9H5BrFO2-. The molecule has 1 aromatic rings. The van der Waals surface area contributed by atoms with Crippen LogP contribution in [0.3, 0.4) is 0 Å². The lowest BCUT2D eigenvalue weighted by molar-refractivity contribution is -0.297. The summed E-state index contributed by atoms with van der Waals surface area (Å²) in [5.41, 5.74) is 0.207. The molecule has 4 heteroatoms. The number of rotatable bonds is 2. The van der Waals surface area contributed by atoms with Gasteiger partial charge in [-0.05, 0) is 24.3 Å². The van der Waals surface area contributed by atoms with Crippen molar-refractivity contribution in [3.05, 3.63) is 40.1 Å². The molecule has 0 bridgehead atoms. The molecule has 0 aliphatic carbocycles. The minimum absolute atomic E-state index is 0.207. The molecule has 0 aliphatic heterocycles. The summed E-state index contributed by atoms with van der Waals surface area (Å²) in [6, 6.07) is 4.26. The van der Waals surface area contributed by atoms with Crippen LogP contribution in [0.2, 0.25) is 0 Å². The van der Waals surface area contributed by atoms with Crippen molar-refractivity contribution in [2.24, 2.45) is 0 Å². The van der Waals surface area contributed by atoms with Crippen LogP contribution in [0.25, 0.3) is 6.08 Å². The quantitative estimate of drug-likeness (QED) is 0.736. The van der Waals surface area contributed by atoms with Crippen LogP contribution in [-0.4, -0.2) is 5.97 Å². The van der Waals surface area contributed by atoms with Crippen molar-refractivity contribution in [3.63, 3.8) is 0 Å². The molecule has 0 saturated heterocycles. The summed E-state index contributed by atoms with van der Waals surface area (Å²) < 4.78 is 13.6. The Morgan fingerprint density at radius 1 is 1.54 bits per heavy atom. The molecular weight excluding hydrogens is 239 g/mol. The van der Waals surface area contributed by atoms with Crippen molar-refractivity contribution in [2.45, 2.75) is 0 Å². The van der Waals surface area contributed by atoms with Gasteiger partial charge in [-0.25, -0.2) is 4.39 Å². The van der Waals surface area contributed by atoms with Gasteiger partial charge in [0.25, 0.3) is 0 Å². The maximum atomic E-state index is 12.9. The van der Waals surface area contributed by atoms with Gasteiger partial charge < -0.3 is 9.90 Å². The lowest BCUT2D eigenvalue weighted by Gasteiger charge is -1.97. The zero-order valence-corrected chi connectivity index (χ0v) is 8.05. The molecule has 0 saturated carbocycles. The van der Waals surface area contributed by atoms with Crippen LogP contribution in [0, 0.1) is 5.82 Å². The summed E-state index contributed by atoms with van der Waals surface area (Å²) >= 11 is 3.14. The number of hydrogen-bond donors (Lipinski definition) is 0. The first-order chi connectivity index (χ1) is 6.09. The van der Waals surface area contributed by atoms with E-state index in [2.05, 4.69) is 15.9 Å². The highest BCUT2D eigenvalue weighted by molar-refractivity contribution is 9.10. The van der Waals surface area contributed by atoms with Gasteiger partial charge in [0.15, 0.2) is 0 Å². The Kier molecular flexibility index (Phi) is 3.19. The van der Waals surface area contributed by atoms with Gasteiger partial charge in [0.1, 0.15) is 5.82 Å². The molecule has 0 amide bonds. The Morgan fingerprint density at radius 2 is 2.23 bits per heavy atom. The van der Waals surface area contributed by atoms with Crippen LogP contribution in [-0.2, 0) is 4.79 Å². The van der Waals surface area contributed by atoms with Crippen molar-refractivity contribution in [3.8, 4) is 0 Å². The van der Waals surface area contributed by atoms with Crippen molar-refractivity contribution < 1.29 is 14.3 Å². The smallest absolute Gasteiger partial charge is 0.130 e. The fourth-order valence-corrected chi connectivity index (χ4v) is 1.18. The molecule has 1 aromatic carbocycles. The van der Waals surface area contributed by atoms with E-state index in [1.807, 2.05) is 0 Å². The van der Waals surface area contributed by atoms with E-state index in [1.165, 1.54) is 18.2 Å². The Hall–Kier alpha value is -1.16. The second kappa shape index (κ2) is 4.18. The fraction of sp³-hybridized carbons (Fsp3) is 0. The third kappa shape index (κ3) is 2.99. The maximum Gasteiger partial charge on any atom is 0.130 e. The number of hydrogen-bond acceptors (Lipinski definition) is 2. The van der Waals surface area contributed by atoms with E-state index in [4.69, 9.17) is 0 Å². The standard InChI is InChI=1S/C9H6BrFO2/c10-7-2-3-8(11)6(5-7)1-4-9(12)13/h1-5H,(H,12,13)/p-1/b4-1-. The fourth-order valence-electron chi connectivity index (χ4n) is 0.800. The van der Waals surface area contributed by atoms with Gasteiger partial charge in [0, 0.05) is 10.0 Å². The van der Waals surface area contributed by atoms with E-state index < -0.39 is 11.8 Å². The Balaban J connectivity index is 3.00. The highest BCUT2D eigenvalue weighted by Gasteiger charge is 1.97. The monoisotopic (exact) mass is 243 g/mol. The number of benzene rings is 1. The second-order valence-corrected chi connectivity index (χ2v) is 3.23. The molecule has 0 heterocycles. The van der Waals surface area contributed by atoms with Gasteiger partial charge in [-0.15, -0.1) is 0 Å². The van der Waals surface area contributed by atoms with E-state index in [1.54, 1.807) is 0 Å². The SMILES string of the molecule is O=C([O-])/C=C\c1cc(Br)ccc1F. The Labute approximate surface area is 82.8 Å². The molecule has 1 rings (SSSR count). The van der Waals surface area contributed by atoms with Crippen LogP contribution in [0.15, 0.2) is 28.7 Å². The summed E-state index contributed by atoms with van der Waals surface area (Å²) in [5, 5.41) is 10.0. The molecule has 0 atom stereocenters. The molecule has 0 unspecified atom stereocenters. The molecule has 0 aromatic heterocycles. The van der Waals surface area contributed by atoms with Crippen LogP contribution in [0.4, 0.5) is 4.39 Å². The molecule has 2 nitrogen and oxygen atoms in total. The topological polar surface area (TPSA) is 40.1 Å². The zero-order chi connectivity index (χ0) is 9.84. The number of halogens is 2. The van der Waals surface area contributed by atoms with Gasteiger partial charge in [-0.2, -0.15) is 0 Å². The normalized spacial score (nSPS) is 10.6. The summed E-state index contributed by atoms with van der Waals surface area (Å²) in [6.07, 6.45) is 1.93. The molecule has 0 spiro atoms. The summed E-state index contributed by atoms with van der Waals surface area (Å²) in [5.74, 6) is -1.82. The molecule has 0 N–H and O–H groups in total. The number of carboxylic acid groups (broad SMARTS) is 1. The Bertz CT molecular complexity index is 361. The number of carbonyl (C=O) groups excluding carboxylic acids is 1. The third-order valence-electron chi connectivity index (χ3n) is 1.36. The van der Waals surface area contributed by atoms with Crippen LogP contribution in [0.5, 0.6) is 0 Å². The zero-order valence-electron chi connectivity index (χ0n) is 6.46. The Morgan fingerprint density at radius 3 is 2.85 bits per heavy atom. The first-order valence-electron chi connectivity index (χ1n) is 3.43. The van der Waals surface area contributed by atoms with Gasteiger partial charge >= 0.3 is 0 Å². The summed E-state index contributed by atoms with van der Waals surface area (Å²) in [7, 11) is 0. The molecule has 0 radical (unpaired) electrons. The van der Waals surface area contributed by atoms with E-state index in [0.29, 0.717) is 4.47 Å². The maximum absolute atomic E-state index is 12.9. The van der Waals surface area contributed by atoms with Crippen molar-refractivity contribution >= 4 is 28.0 Å². The minimum Gasteiger partial charge on any atom is -0.545 e.